The molecule has 190 valence electrons. The Hall–Kier alpha value is -3.73. The molecule has 0 aliphatic carbocycles. The van der Waals surface area contributed by atoms with Crippen molar-refractivity contribution in [2.45, 2.75) is 19.8 Å². The number of benzene rings is 1. The lowest BCUT2D eigenvalue weighted by molar-refractivity contribution is -0.130. The zero-order valence-corrected chi connectivity index (χ0v) is 20.8. The van der Waals surface area contributed by atoms with E-state index < -0.39 is 0 Å². The van der Waals surface area contributed by atoms with Crippen molar-refractivity contribution >= 4 is 39.9 Å². The minimum absolute atomic E-state index is 0.0653. The predicted octanol–water partition coefficient (Wildman–Crippen LogP) is 3.26. The lowest BCUT2D eigenvalue weighted by Crippen LogP contribution is -2.49. The first-order valence-electron chi connectivity index (χ1n) is 11.8. The first-order valence-corrected chi connectivity index (χ1v) is 12.7. The van der Waals surface area contributed by atoms with Gasteiger partial charge >= 0.3 is 0 Å². The van der Waals surface area contributed by atoms with Crippen LogP contribution in [0.2, 0.25) is 0 Å². The Morgan fingerprint density at radius 3 is 2.61 bits per heavy atom. The number of halogens is 1. The number of nitrogens with zero attached hydrogens (tertiary/aromatic N) is 4. The summed E-state index contributed by atoms with van der Waals surface area (Å²) < 4.78 is 19.2. The summed E-state index contributed by atoms with van der Waals surface area (Å²) in [6, 6.07) is 9.82. The molecule has 4 rings (SSSR count). The van der Waals surface area contributed by atoms with Crippen molar-refractivity contribution in [3.8, 4) is 0 Å². The number of hydrogen-bond donors (Lipinski definition) is 1. The molecule has 1 aliphatic rings. The van der Waals surface area contributed by atoms with Gasteiger partial charge in [-0.05, 0) is 30.7 Å². The minimum atomic E-state index is -0.375. The van der Waals surface area contributed by atoms with Gasteiger partial charge < -0.3 is 24.4 Å². The Labute approximate surface area is 212 Å². The molecule has 11 heteroatoms. The summed E-state index contributed by atoms with van der Waals surface area (Å²) in [6.45, 7) is 4.30. The van der Waals surface area contributed by atoms with Gasteiger partial charge in [0.05, 0.1) is 24.1 Å². The topological polar surface area (TPSA) is 99.0 Å². The second-order valence-corrected chi connectivity index (χ2v) is 9.25. The lowest BCUT2D eigenvalue weighted by Gasteiger charge is -2.36. The zero-order chi connectivity index (χ0) is 25.5. The zero-order valence-electron chi connectivity index (χ0n) is 20.0. The normalized spacial score (nSPS) is 13.5. The average Bonchev–Trinajstić information content (AvgIpc) is 3.56. The number of aromatic nitrogens is 1. The van der Waals surface area contributed by atoms with Gasteiger partial charge in [0.25, 0.3) is 5.91 Å². The SMILES string of the molecule is CCCN(CC(=O)Nc1nc(CC(=O)N2CCN(c3ccccc3F)CC2)cs1)C(=O)c1ccco1. The Morgan fingerprint density at radius 1 is 1.14 bits per heavy atom. The van der Waals surface area contributed by atoms with E-state index in [-0.39, 0.29) is 42.3 Å². The van der Waals surface area contributed by atoms with E-state index in [1.165, 1.54) is 28.6 Å². The number of nitrogens with one attached hydrogen (secondary N) is 1. The summed E-state index contributed by atoms with van der Waals surface area (Å²) >= 11 is 1.23. The van der Waals surface area contributed by atoms with Crippen molar-refractivity contribution in [2.75, 3.05) is 49.5 Å². The fourth-order valence-corrected chi connectivity index (χ4v) is 4.75. The molecule has 36 heavy (non-hydrogen) atoms. The number of carbonyl (C=O) groups excluding carboxylic acids is 3. The minimum Gasteiger partial charge on any atom is -0.459 e. The molecule has 2 aromatic heterocycles. The van der Waals surface area contributed by atoms with E-state index in [0.29, 0.717) is 55.7 Å². The van der Waals surface area contributed by atoms with Crippen molar-refractivity contribution in [1.29, 1.82) is 0 Å². The summed E-state index contributed by atoms with van der Waals surface area (Å²) in [7, 11) is 0. The molecule has 0 spiro atoms. The molecule has 0 unspecified atom stereocenters. The number of anilines is 2. The van der Waals surface area contributed by atoms with E-state index in [9.17, 15) is 18.8 Å². The molecule has 3 aromatic rings. The van der Waals surface area contributed by atoms with E-state index in [0.717, 1.165) is 0 Å². The Balaban J connectivity index is 1.26. The van der Waals surface area contributed by atoms with Gasteiger partial charge in [-0.3, -0.25) is 14.4 Å². The molecule has 0 bridgehead atoms. The van der Waals surface area contributed by atoms with Crippen molar-refractivity contribution in [1.82, 2.24) is 14.8 Å². The van der Waals surface area contributed by atoms with E-state index in [2.05, 4.69) is 10.3 Å². The highest BCUT2D eigenvalue weighted by Crippen LogP contribution is 2.21. The van der Waals surface area contributed by atoms with Crippen molar-refractivity contribution in [2.24, 2.45) is 0 Å². The van der Waals surface area contributed by atoms with Gasteiger partial charge in [0.1, 0.15) is 12.4 Å². The predicted molar refractivity (Wildman–Crippen MR) is 135 cm³/mol. The van der Waals surface area contributed by atoms with Gasteiger partial charge in [-0.2, -0.15) is 0 Å². The van der Waals surface area contributed by atoms with Gasteiger partial charge in [0.2, 0.25) is 11.8 Å². The number of rotatable bonds is 9. The van der Waals surface area contributed by atoms with Crippen LogP contribution in [-0.2, 0) is 16.0 Å². The molecular formula is C25H28FN5O4S. The third kappa shape index (κ3) is 6.28. The van der Waals surface area contributed by atoms with Crippen LogP contribution in [0.15, 0.2) is 52.5 Å². The highest BCUT2D eigenvalue weighted by atomic mass is 32.1. The van der Waals surface area contributed by atoms with E-state index in [1.54, 1.807) is 40.6 Å². The van der Waals surface area contributed by atoms with Crippen LogP contribution < -0.4 is 10.2 Å². The van der Waals surface area contributed by atoms with E-state index in [4.69, 9.17) is 4.42 Å². The highest BCUT2D eigenvalue weighted by Gasteiger charge is 2.24. The first kappa shape index (κ1) is 25.4. The van der Waals surface area contributed by atoms with Gasteiger partial charge in [-0.15, -0.1) is 11.3 Å². The largest absolute Gasteiger partial charge is 0.459 e. The van der Waals surface area contributed by atoms with E-state index >= 15 is 0 Å². The smallest absolute Gasteiger partial charge is 0.290 e. The molecule has 0 radical (unpaired) electrons. The van der Waals surface area contributed by atoms with Crippen molar-refractivity contribution in [3.05, 3.63) is 65.3 Å². The molecule has 3 amide bonds. The lowest BCUT2D eigenvalue weighted by atomic mass is 10.2. The fraction of sp³-hybridized carbons (Fsp3) is 0.360. The Bertz CT molecular complexity index is 1190. The van der Waals surface area contributed by atoms with Gasteiger partial charge in [0, 0.05) is 38.1 Å². The van der Waals surface area contributed by atoms with Crippen LogP contribution >= 0.6 is 11.3 Å². The average molecular weight is 514 g/mol. The molecule has 1 saturated heterocycles. The third-order valence-electron chi connectivity index (χ3n) is 5.80. The number of carbonyl (C=O) groups is 3. The number of thiazole rings is 1. The quantitative estimate of drug-likeness (QED) is 0.472. The van der Waals surface area contributed by atoms with Crippen LogP contribution in [0.3, 0.4) is 0 Å². The molecule has 3 heterocycles. The summed E-state index contributed by atoms with van der Waals surface area (Å²) in [5, 5.41) is 4.82. The molecule has 1 fully saturated rings. The Kier molecular flexibility index (Phi) is 8.32. The van der Waals surface area contributed by atoms with Crippen LogP contribution in [-0.4, -0.2) is 71.8 Å². The molecule has 9 nitrogen and oxygen atoms in total. The van der Waals surface area contributed by atoms with Crippen LogP contribution in [0, 0.1) is 5.82 Å². The number of para-hydroxylation sites is 1. The maximum absolute atomic E-state index is 14.0. The van der Waals surface area contributed by atoms with Gasteiger partial charge in [-0.25, -0.2) is 9.37 Å². The maximum Gasteiger partial charge on any atom is 0.290 e. The number of hydrogen-bond acceptors (Lipinski definition) is 7. The summed E-state index contributed by atoms with van der Waals surface area (Å²) in [4.78, 5) is 47.3. The molecule has 1 N–H and O–H groups in total. The molecular weight excluding hydrogens is 485 g/mol. The van der Waals surface area contributed by atoms with Gasteiger partial charge in [0.15, 0.2) is 10.9 Å². The molecule has 0 atom stereocenters. The molecule has 0 saturated carbocycles. The van der Waals surface area contributed by atoms with Gasteiger partial charge in [-0.1, -0.05) is 19.1 Å². The second kappa shape index (κ2) is 11.8. The summed E-state index contributed by atoms with van der Waals surface area (Å²) in [5.41, 5.74) is 1.11. The first-order chi connectivity index (χ1) is 17.4. The Morgan fingerprint density at radius 2 is 1.92 bits per heavy atom. The van der Waals surface area contributed by atoms with Crippen LogP contribution in [0.4, 0.5) is 15.2 Å². The van der Waals surface area contributed by atoms with Crippen molar-refractivity contribution in [3.63, 3.8) is 0 Å². The number of piperazine rings is 1. The fourth-order valence-electron chi connectivity index (χ4n) is 4.03. The number of amides is 3. The van der Waals surface area contributed by atoms with Crippen molar-refractivity contribution < 1.29 is 23.2 Å². The van der Waals surface area contributed by atoms with Crippen LogP contribution in [0.1, 0.15) is 29.6 Å². The number of furan rings is 1. The molecule has 1 aromatic carbocycles. The maximum atomic E-state index is 14.0. The van der Waals surface area contributed by atoms with E-state index in [1.807, 2.05) is 11.8 Å². The monoisotopic (exact) mass is 513 g/mol. The molecule has 1 aliphatic heterocycles. The third-order valence-corrected chi connectivity index (χ3v) is 6.61. The highest BCUT2D eigenvalue weighted by molar-refractivity contribution is 7.13. The summed E-state index contributed by atoms with van der Waals surface area (Å²) in [6.07, 6.45) is 2.22. The standard InChI is InChI=1S/C25H28FN5O4S/c1-2-9-31(24(34)21-8-5-14-35-21)16-22(32)28-25-27-18(17-36-25)15-23(33)30-12-10-29(11-13-30)20-7-4-3-6-19(20)26/h3-8,14,17H,2,9-13,15-16H2,1H3,(H,27,28,32). The second-order valence-electron chi connectivity index (χ2n) is 8.39. The van der Waals surface area contributed by atoms with Crippen LogP contribution in [0.25, 0.3) is 0 Å². The summed E-state index contributed by atoms with van der Waals surface area (Å²) in [5.74, 6) is -0.875. The van der Waals surface area contributed by atoms with Crippen LogP contribution in [0.5, 0.6) is 0 Å².